The first-order chi connectivity index (χ1) is 16.5. The van der Waals surface area contributed by atoms with E-state index in [0.29, 0.717) is 41.5 Å². The normalized spacial score (nSPS) is 10.7. The van der Waals surface area contributed by atoms with E-state index in [1.807, 2.05) is 24.4 Å². The van der Waals surface area contributed by atoms with Crippen LogP contribution in [0.1, 0.15) is 38.8 Å². The van der Waals surface area contributed by atoms with Crippen molar-refractivity contribution in [3.05, 3.63) is 82.5 Å². The minimum absolute atomic E-state index is 0.241. The van der Waals surface area contributed by atoms with Crippen molar-refractivity contribution in [2.75, 3.05) is 19.0 Å². The first kappa shape index (κ1) is 23.3. The van der Waals surface area contributed by atoms with Crippen LogP contribution in [0.25, 0.3) is 10.1 Å². The van der Waals surface area contributed by atoms with Crippen LogP contribution < -0.4 is 14.8 Å². The average molecular weight is 477 g/mol. The van der Waals surface area contributed by atoms with Crippen LogP contribution in [0.4, 0.5) is 5.69 Å². The number of nitrogens with zero attached hydrogens (tertiary/aromatic N) is 1. The fraction of sp³-hybridized carbons (Fsp3) is 0.192. The van der Waals surface area contributed by atoms with Gasteiger partial charge in [-0.25, -0.2) is 4.79 Å². The number of pyridine rings is 1. The summed E-state index contributed by atoms with van der Waals surface area (Å²) < 4.78 is 17.2. The molecule has 174 valence electrons. The molecule has 0 fully saturated rings. The van der Waals surface area contributed by atoms with Gasteiger partial charge in [0.2, 0.25) is 0 Å². The van der Waals surface area contributed by atoms with Crippen molar-refractivity contribution in [1.29, 1.82) is 0 Å². The van der Waals surface area contributed by atoms with E-state index in [4.69, 9.17) is 14.2 Å². The quantitative estimate of drug-likeness (QED) is 0.332. The molecule has 0 aliphatic heterocycles. The van der Waals surface area contributed by atoms with Crippen LogP contribution in [-0.4, -0.2) is 30.6 Å². The van der Waals surface area contributed by atoms with Gasteiger partial charge >= 0.3 is 5.97 Å². The zero-order valence-electron chi connectivity index (χ0n) is 19.1. The molecule has 0 aliphatic carbocycles. The van der Waals surface area contributed by atoms with Gasteiger partial charge in [0.15, 0.2) is 0 Å². The van der Waals surface area contributed by atoms with E-state index in [9.17, 15) is 9.59 Å². The topological polar surface area (TPSA) is 86.8 Å². The highest BCUT2D eigenvalue weighted by atomic mass is 32.1. The smallest absolute Gasteiger partial charge is 0.341 e. The van der Waals surface area contributed by atoms with E-state index in [1.165, 1.54) is 17.5 Å². The Labute approximate surface area is 201 Å². The molecule has 8 heteroatoms. The lowest BCUT2D eigenvalue weighted by Crippen LogP contribution is -2.12. The van der Waals surface area contributed by atoms with Crippen LogP contribution in [0, 0.1) is 6.92 Å². The molecule has 0 spiro atoms. The van der Waals surface area contributed by atoms with E-state index in [2.05, 4.69) is 10.3 Å². The Morgan fingerprint density at radius 2 is 1.97 bits per heavy atom. The summed E-state index contributed by atoms with van der Waals surface area (Å²) >= 11 is 1.46. The number of hydrogen-bond acceptors (Lipinski definition) is 7. The third-order valence-corrected chi connectivity index (χ3v) is 6.30. The summed E-state index contributed by atoms with van der Waals surface area (Å²) in [7, 11) is 1.56. The molecule has 0 unspecified atom stereocenters. The molecule has 0 atom stereocenters. The number of nitrogens with one attached hydrogen (secondary N) is 1. The van der Waals surface area contributed by atoms with Crippen LogP contribution >= 0.6 is 11.3 Å². The molecular formula is C26H24N2O5S. The van der Waals surface area contributed by atoms with Gasteiger partial charge in [0.25, 0.3) is 5.91 Å². The summed E-state index contributed by atoms with van der Waals surface area (Å²) in [5.41, 5.74) is 3.43. The van der Waals surface area contributed by atoms with Gasteiger partial charge < -0.3 is 19.5 Å². The molecule has 0 saturated heterocycles. The second kappa shape index (κ2) is 10.4. The first-order valence-corrected chi connectivity index (χ1v) is 11.6. The fourth-order valence-corrected chi connectivity index (χ4v) is 4.45. The van der Waals surface area contributed by atoms with Gasteiger partial charge in [0, 0.05) is 40.7 Å². The first-order valence-electron chi connectivity index (χ1n) is 10.7. The number of thiophene rings is 1. The van der Waals surface area contributed by atoms with E-state index >= 15 is 0 Å². The molecule has 2 aromatic carbocycles. The highest BCUT2D eigenvalue weighted by molar-refractivity contribution is 7.17. The number of rotatable bonds is 8. The molecule has 2 aromatic heterocycles. The lowest BCUT2D eigenvalue weighted by Gasteiger charge is -2.12. The molecule has 2 heterocycles. The lowest BCUT2D eigenvalue weighted by atomic mass is 10.1. The second-order valence-corrected chi connectivity index (χ2v) is 8.38. The summed E-state index contributed by atoms with van der Waals surface area (Å²) in [6, 6.07) is 12.5. The van der Waals surface area contributed by atoms with E-state index in [0.717, 1.165) is 21.2 Å². The van der Waals surface area contributed by atoms with Crippen LogP contribution in [0.15, 0.2) is 60.2 Å². The van der Waals surface area contributed by atoms with Crippen molar-refractivity contribution < 1.29 is 23.8 Å². The van der Waals surface area contributed by atoms with Crippen LogP contribution in [0.3, 0.4) is 0 Å². The number of carbonyl (C=O) groups excluding carboxylic acids is 2. The van der Waals surface area contributed by atoms with Gasteiger partial charge in [-0.15, -0.1) is 11.3 Å². The van der Waals surface area contributed by atoms with Crippen LogP contribution in [0.5, 0.6) is 11.5 Å². The largest absolute Gasteiger partial charge is 0.497 e. The van der Waals surface area contributed by atoms with Crippen molar-refractivity contribution >= 4 is 39.0 Å². The van der Waals surface area contributed by atoms with Crippen molar-refractivity contribution in [1.82, 2.24) is 4.98 Å². The number of ether oxygens (including phenoxy) is 3. The Morgan fingerprint density at radius 3 is 2.76 bits per heavy atom. The van der Waals surface area contributed by atoms with Gasteiger partial charge in [-0.1, -0.05) is 12.1 Å². The zero-order valence-corrected chi connectivity index (χ0v) is 19.9. The van der Waals surface area contributed by atoms with Crippen molar-refractivity contribution in [2.45, 2.75) is 20.5 Å². The number of esters is 1. The standard InChI is InChI=1S/C26H24N2O5S/c1-4-32-26(30)22-13-27-12-21-18(15-34-24(21)22)14-33-23-11-19(9-8-16(23)2)28-25(29)17-6-5-7-20(10-17)31-3/h5-13,15H,4,14H2,1-3H3,(H,28,29). The number of benzene rings is 2. The molecule has 1 N–H and O–H groups in total. The monoisotopic (exact) mass is 476 g/mol. The summed E-state index contributed by atoms with van der Waals surface area (Å²) in [5.74, 6) is 0.641. The van der Waals surface area contributed by atoms with Crippen molar-refractivity contribution in [3.8, 4) is 11.5 Å². The summed E-state index contributed by atoms with van der Waals surface area (Å²) in [6.07, 6.45) is 3.25. The van der Waals surface area contributed by atoms with E-state index < -0.39 is 0 Å². The number of methoxy groups -OCH3 is 1. The van der Waals surface area contributed by atoms with Crippen molar-refractivity contribution in [2.24, 2.45) is 0 Å². The average Bonchev–Trinajstić information content (AvgIpc) is 3.27. The van der Waals surface area contributed by atoms with Gasteiger partial charge in [0.05, 0.1) is 24.0 Å². The molecule has 0 bridgehead atoms. The Balaban J connectivity index is 1.50. The number of aryl methyl sites for hydroxylation is 1. The number of anilines is 1. The highest BCUT2D eigenvalue weighted by Crippen LogP contribution is 2.31. The summed E-state index contributed by atoms with van der Waals surface area (Å²) in [4.78, 5) is 29.1. The molecule has 7 nitrogen and oxygen atoms in total. The molecule has 4 aromatic rings. The maximum Gasteiger partial charge on any atom is 0.341 e. The molecule has 0 aliphatic rings. The van der Waals surface area contributed by atoms with Crippen LogP contribution in [-0.2, 0) is 11.3 Å². The van der Waals surface area contributed by atoms with Crippen molar-refractivity contribution in [3.63, 3.8) is 0 Å². The third kappa shape index (κ3) is 5.02. The molecule has 4 rings (SSSR count). The molecule has 34 heavy (non-hydrogen) atoms. The predicted octanol–water partition coefficient (Wildman–Crippen LogP) is 5.62. The minimum Gasteiger partial charge on any atom is -0.497 e. The molecule has 0 radical (unpaired) electrons. The van der Waals surface area contributed by atoms with Gasteiger partial charge in [-0.2, -0.15) is 0 Å². The Hall–Kier alpha value is -3.91. The number of aromatic nitrogens is 1. The SMILES string of the molecule is CCOC(=O)c1cncc2c(COc3cc(NC(=O)c4cccc(OC)c4)ccc3C)csc12. The highest BCUT2D eigenvalue weighted by Gasteiger charge is 2.16. The summed E-state index contributed by atoms with van der Waals surface area (Å²) in [6.45, 7) is 4.31. The van der Waals surface area contributed by atoms with E-state index in [-0.39, 0.29) is 11.9 Å². The molecule has 1 amide bonds. The molecular weight excluding hydrogens is 452 g/mol. The maximum absolute atomic E-state index is 12.7. The number of amides is 1. The predicted molar refractivity (Wildman–Crippen MR) is 132 cm³/mol. The third-order valence-electron chi connectivity index (χ3n) is 5.22. The summed E-state index contributed by atoms with van der Waals surface area (Å²) in [5, 5.41) is 5.71. The molecule has 0 saturated carbocycles. The Morgan fingerprint density at radius 1 is 1.12 bits per heavy atom. The number of fused-ring (bicyclic) bond motifs is 1. The Kier molecular flexibility index (Phi) is 7.08. The lowest BCUT2D eigenvalue weighted by molar-refractivity contribution is 0.0528. The zero-order chi connectivity index (χ0) is 24.1. The van der Waals surface area contributed by atoms with Gasteiger partial charge in [-0.05, 0) is 49.1 Å². The van der Waals surface area contributed by atoms with Crippen LogP contribution in [0.2, 0.25) is 0 Å². The second-order valence-electron chi connectivity index (χ2n) is 7.50. The number of carbonyl (C=O) groups is 2. The minimum atomic E-state index is -0.384. The Bertz CT molecular complexity index is 1350. The van der Waals surface area contributed by atoms with E-state index in [1.54, 1.807) is 50.6 Å². The maximum atomic E-state index is 12.7. The number of hydrogen-bond donors (Lipinski definition) is 1. The van der Waals surface area contributed by atoms with Gasteiger partial charge in [0.1, 0.15) is 18.1 Å². The fourth-order valence-electron chi connectivity index (χ4n) is 3.42. The van der Waals surface area contributed by atoms with Gasteiger partial charge in [-0.3, -0.25) is 9.78 Å².